The fraction of sp³-hybridized carbons (Fsp3) is 0.167. The lowest BCUT2D eigenvalue weighted by Gasteiger charge is -2.05. The van der Waals surface area contributed by atoms with Gasteiger partial charge in [0, 0.05) is 11.6 Å². The zero-order chi connectivity index (χ0) is 14.5. The number of hydrogen-bond acceptors (Lipinski definition) is 6. The number of nitrogens with one attached hydrogen (secondary N) is 1. The number of hydrogen-bond donors (Lipinski definition) is 2. The Morgan fingerprint density at radius 3 is 2.90 bits per heavy atom. The van der Waals surface area contributed by atoms with Crippen molar-refractivity contribution >= 4 is 28.3 Å². The van der Waals surface area contributed by atoms with Crippen molar-refractivity contribution in [3.8, 4) is 5.75 Å². The van der Waals surface area contributed by atoms with Crippen LogP contribution in [0.5, 0.6) is 5.75 Å². The highest BCUT2D eigenvalue weighted by Gasteiger charge is 2.08. The molecule has 8 heteroatoms. The van der Waals surface area contributed by atoms with Crippen LogP contribution >= 0.6 is 11.3 Å². The standard InChI is InChI=1S/C12H11N3O4S/c1-7-6-20-12(14-7)15-10(16)5-19-9-2-8(11(17)18)3-13-4-9/h2-4,6H,5H2,1H3,(H,17,18)(H,14,15,16). The van der Waals surface area contributed by atoms with Gasteiger partial charge in [-0.15, -0.1) is 11.3 Å². The third-order valence-electron chi connectivity index (χ3n) is 2.20. The largest absolute Gasteiger partial charge is 0.482 e. The van der Waals surface area contributed by atoms with E-state index < -0.39 is 5.97 Å². The van der Waals surface area contributed by atoms with Crippen molar-refractivity contribution in [3.63, 3.8) is 0 Å². The van der Waals surface area contributed by atoms with E-state index in [2.05, 4.69) is 15.3 Å². The molecular weight excluding hydrogens is 282 g/mol. The fourth-order valence-electron chi connectivity index (χ4n) is 1.33. The van der Waals surface area contributed by atoms with Crippen LogP contribution in [0.2, 0.25) is 0 Å². The number of carboxylic acids is 1. The number of amides is 1. The summed E-state index contributed by atoms with van der Waals surface area (Å²) in [5.41, 5.74) is 0.822. The molecule has 0 fully saturated rings. The SMILES string of the molecule is Cc1csc(NC(=O)COc2cncc(C(=O)O)c2)n1. The lowest BCUT2D eigenvalue weighted by atomic mass is 10.3. The molecule has 2 heterocycles. The smallest absolute Gasteiger partial charge is 0.337 e. The number of ether oxygens (including phenoxy) is 1. The van der Waals surface area contributed by atoms with Gasteiger partial charge in [-0.1, -0.05) is 0 Å². The second-order valence-corrected chi connectivity index (χ2v) is 4.70. The maximum absolute atomic E-state index is 11.6. The van der Waals surface area contributed by atoms with Crippen molar-refractivity contribution in [1.82, 2.24) is 9.97 Å². The summed E-state index contributed by atoms with van der Waals surface area (Å²) in [6.45, 7) is 1.58. The topological polar surface area (TPSA) is 101 Å². The van der Waals surface area contributed by atoms with Crippen LogP contribution in [0, 0.1) is 6.92 Å². The minimum Gasteiger partial charge on any atom is -0.482 e. The Morgan fingerprint density at radius 2 is 2.25 bits per heavy atom. The Kier molecular flexibility index (Phi) is 4.26. The summed E-state index contributed by atoms with van der Waals surface area (Å²) in [7, 11) is 0. The van der Waals surface area contributed by atoms with Gasteiger partial charge >= 0.3 is 5.97 Å². The van der Waals surface area contributed by atoms with Gasteiger partial charge < -0.3 is 9.84 Å². The number of carbonyl (C=O) groups excluding carboxylic acids is 1. The van der Waals surface area contributed by atoms with Gasteiger partial charge in [-0.05, 0) is 13.0 Å². The van der Waals surface area contributed by atoms with Crippen molar-refractivity contribution in [3.05, 3.63) is 35.1 Å². The van der Waals surface area contributed by atoms with Crippen LogP contribution in [-0.2, 0) is 4.79 Å². The first kappa shape index (κ1) is 13.9. The molecule has 0 aliphatic rings. The molecule has 2 rings (SSSR count). The number of thiazole rings is 1. The van der Waals surface area contributed by atoms with E-state index in [-0.39, 0.29) is 23.8 Å². The van der Waals surface area contributed by atoms with Gasteiger partial charge in [0.1, 0.15) is 5.75 Å². The van der Waals surface area contributed by atoms with Crippen molar-refractivity contribution < 1.29 is 19.4 Å². The molecular formula is C12H11N3O4S. The monoisotopic (exact) mass is 293 g/mol. The first-order valence-corrected chi connectivity index (χ1v) is 6.45. The predicted molar refractivity (Wildman–Crippen MR) is 72.2 cm³/mol. The molecule has 0 saturated heterocycles. The van der Waals surface area contributed by atoms with E-state index in [9.17, 15) is 9.59 Å². The highest BCUT2D eigenvalue weighted by molar-refractivity contribution is 7.13. The summed E-state index contributed by atoms with van der Waals surface area (Å²) in [5.74, 6) is -1.26. The second-order valence-electron chi connectivity index (χ2n) is 3.85. The van der Waals surface area contributed by atoms with Crippen molar-refractivity contribution in [2.75, 3.05) is 11.9 Å². The van der Waals surface area contributed by atoms with Crippen LogP contribution in [0.25, 0.3) is 0 Å². The molecule has 2 aromatic heterocycles. The number of carbonyl (C=O) groups is 2. The Hall–Kier alpha value is -2.48. The lowest BCUT2D eigenvalue weighted by Crippen LogP contribution is -2.20. The zero-order valence-electron chi connectivity index (χ0n) is 10.5. The summed E-state index contributed by atoms with van der Waals surface area (Å²) in [6.07, 6.45) is 2.54. The highest BCUT2D eigenvalue weighted by atomic mass is 32.1. The van der Waals surface area contributed by atoms with E-state index >= 15 is 0 Å². The normalized spacial score (nSPS) is 10.1. The molecule has 0 aliphatic heterocycles. The molecule has 20 heavy (non-hydrogen) atoms. The number of anilines is 1. The van der Waals surface area contributed by atoms with E-state index in [1.54, 1.807) is 0 Å². The average Bonchev–Trinajstić information content (AvgIpc) is 2.82. The second kappa shape index (κ2) is 6.11. The Morgan fingerprint density at radius 1 is 1.45 bits per heavy atom. The number of rotatable bonds is 5. The van der Waals surface area contributed by atoms with E-state index in [1.807, 2.05) is 12.3 Å². The van der Waals surface area contributed by atoms with Gasteiger partial charge in [0.15, 0.2) is 11.7 Å². The van der Waals surface area contributed by atoms with Gasteiger partial charge in [0.25, 0.3) is 5.91 Å². The molecule has 104 valence electrons. The quantitative estimate of drug-likeness (QED) is 0.867. The number of nitrogens with zero attached hydrogens (tertiary/aromatic N) is 2. The van der Waals surface area contributed by atoms with E-state index in [0.717, 1.165) is 5.69 Å². The summed E-state index contributed by atoms with van der Waals surface area (Å²) in [6, 6.07) is 1.30. The molecule has 0 radical (unpaired) electrons. The number of pyridine rings is 1. The number of aromatic carboxylic acids is 1. The number of aromatic nitrogens is 2. The van der Waals surface area contributed by atoms with Gasteiger partial charge in [-0.2, -0.15) is 0 Å². The van der Waals surface area contributed by atoms with Crippen LogP contribution in [-0.4, -0.2) is 33.6 Å². The molecule has 0 saturated carbocycles. The lowest BCUT2D eigenvalue weighted by molar-refractivity contribution is -0.118. The van der Waals surface area contributed by atoms with Gasteiger partial charge in [-0.3, -0.25) is 15.1 Å². The summed E-state index contributed by atoms with van der Waals surface area (Å²) in [4.78, 5) is 30.2. The zero-order valence-corrected chi connectivity index (χ0v) is 11.3. The van der Waals surface area contributed by atoms with Gasteiger partial charge in [-0.25, -0.2) is 9.78 Å². The van der Waals surface area contributed by atoms with Crippen molar-refractivity contribution in [2.24, 2.45) is 0 Å². The minimum atomic E-state index is -1.11. The van der Waals surface area contributed by atoms with Crippen LogP contribution in [0.1, 0.15) is 16.1 Å². The first-order chi connectivity index (χ1) is 9.54. The third-order valence-corrected chi connectivity index (χ3v) is 3.07. The average molecular weight is 293 g/mol. The van der Waals surface area contributed by atoms with Crippen molar-refractivity contribution in [2.45, 2.75) is 6.92 Å². The van der Waals surface area contributed by atoms with E-state index in [4.69, 9.17) is 9.84 Å². The maximum Gasteiger partial charge on any atom is 0.337 e. The van der Waals surface area contributed by atoms with Gasteiger partial charge in [0.2, 0.25) is 0 Å². The Labute approximate surface area is 118 Å². The first-order valence-electron chi connectivity index (χ1n) is 5.58. The maximum atomic E-state index is 11.6. The molecule has 1 amide bonds. The summed E-state index contributed by atoms with van der Waals surface area (Å²) in [5, 5.41) is 13.7. The summed E-state index contributed by atoms with van der Waals surface area (Å²) < 4.78 is 5.18. The van der Waals surface area contributed by atoms with Crippen LogP contribution < -0.4 is 10.1 Å². The number of carboxylic acid groups (broad SMARTS) is 1. The van der Waals surface area contributed by atoms with Crippen LogP contribution in [0.15, 0.2) is 23.8 Å². The molecule has 0 bridgehead atoms. The van der Waals surface area contributed by atoms with Crippen molar-refractivity contribution in [1.29, 1.82) is 0 Å². The van der Waals surface area contributed by atoms with E-state index in [0.29, 0.717) is 5.13 Å². The molecule has 0 aliphatic carbocycles. The predicted octanol–water partition coefficient (Wildman–Crippen LogP) is 1.56. The molecule has 0 spiro atoms. The molecule has 0 atom stereocenters. The highest BCUT2D eigenvalue weighted by Crippen LogP contribution is 2.15. The third kappa shape index (κ3) is 3.75. The molecule has 0 aromatic carbocycles. The molecule has 7 nitrogen and oxygen atoms in total. The number of aryl methyl sites for hydroxylation is 1. The van der Waals surface area contributed by atoms with Crippen LogP contribution in [0.4, 0.5) is 5.13 Å². The van der Waals surface area contributed by atoms with Crippen LogP contribution in [0.3, 0.4) is 0 Å². The Balaban J connectivity index is 1.90. The minimum absolute atomic E-state index is 0.00143. The van der Waals surface area contributed by atoms with E-state index in [1.165, 1.54) is 29.8 Å². The fourth-order valence-corrected chi connectivity index (χ4v) is 2.03. The Bertz CT molecular complexity index is 641. The molecule has 2 aromatic rings. The van der Waals surface area contributed by atoms with Gasteiger partial charge in [0.05, 0.1) is 17.5 Å². The molecule has 0 unspecified atom stereocenters. The molecule has 2 N–H and O–H groups in total. The summed E-state index contributed by atoms with van der Waals surface area (Å²) >= 11 is 1.32.